The molecule has 0 unspecified atom stereocenters. The first-order valence-electron chi connectivity index (χ1n) is 7.20. The molecule has 0 radical (unpaired) electrons. The number of nitrogens with one attached hydrogen (secondary N) is 1. The van der Waals surface area contributed by atoms with Crippen molar-refractivity contribution in [2.24, 2.45) is 5.92 Å². The van der Waals surface area contributed by atoms with Crippen LogP contribution in [0, 0.1) is 11.7 Å². The smallest absolute Gasteiger partial charge is 0.259 e. The quantitative estimate of drug-likeness (QED) is 0.794. The number of amides is 1. The largest absolute Gasteiger partial charge is 0.346 e. The Kier molecular flexibility index (Phi) is 3.18. The normalized spacial score (nSPS) is 14.4. The predicted octanol–water partition coefficient (Wildman–Crippen LogP) is 3.90. The molecule has 1 amide bonds. The Hall–Kier alpha value is -2.21. The van der Waals surface area contributed by atoms with Crippen LogP contribution in [0.3, 0.4) is 0 Å². The lowest BCUT2D eigenvalue weighted by Gasteiger charge is -2.02. The molecule has 2 heterocycles. The zero-order valence-electron chi connectivity index (χ0n) is 11.8. The Morgan fingerprint density at radius 1 is 1.45 bits per heavy atom. The fourth-order valence-corrected chi connectivity index (χ4v) is 3.15. The molecule has 1 aromatic carbocycles. The molecule has 6 heteroatoms. The van der Waals surface area contributed by atoms with E-state index in [0.29, 0.717) is 16.6 Å². The van der Waals surface area contributed by atoms with E-state index < -0.39 is 0 Å². The van der Waals surface area contributed by atoms with Gasteiger partial charge in [-0.3, -0.25) is 10.1 Å². The van der Waals surface area contributed by atoms with Crippen LogP contribution in [0.1, 0.15) is 23.2 Å². The highest BCUT2D eigenvalue weighted by Gasteiger charge is 2.24. The van der Waals surface area contributed by atoms with Crippen LogP contribution >= 0.6 is 11.3 Å². The number of fused-ring (bicyclic) bond motifs is 1. The molecule has 1 aliphatic carbocycles. The molecule has 0 saturated heterocycles. The average Bonchev–Trinajstić information content (AvgIpc) is 3.03. The molecule has 0 atom stereocenters. The number of aromatic nitrogens is 2. The molecule has 4 nitrogen and oxygen atoms in total. The van der Waals surface area contributed by atoms with Crippen molar-refractivity contribution in [3.05, 3.63) is 47.4 Å². The van der Waals surface area contributed by atoms with Crippen molar-refractivity contribution in [1.82, 2.24) is 9.55 Å². The number of hydrogen-bond donors (Lipinski definition) is 1. The monoisotopic (exact) mass is 315 g/mol. The lowest BCUT2D eigenvalue weighted by molar-refractivity contribution is 0.102. The van der Waals surface area contributed by atoms with Crippen molar-refractivity contribution in [3.8, 4) is 0 Å². The maximum absolute atomic E-state index is 13.6. The van der Waals surface area contributed by atoms with Crippen LogP contribution in [0.5, 0.6) is 0 Å². The molecule has 2 aromatic heterocycles. The summed E-state index contributed by atoms with van der Waals surface area (Å²) in [5.41, 5.74) is 1.34. The number of benzene rings is 1. The second-order valence-electron chi connectivity index (χ2n) is 5.59. The lowest BCUT2D eigenvalue weighted by Crippen LogP contribution is -2.11. The maximum Gasteiger partial charge on any atom is 0.259 e. The number of hydrogen-bond acceptors (Lipinski definition) is 3. The van der Waals surface area contributed by atoms with Crippen LogP contribution in [0.15, 0.2) is 36.0 Å². The summed E-state index contributed by atoms with van der Waals surface area (Å²) in [6, 6.07) is 4.56. The number of anilines is 1. The van der Waals surface area contributed by atoms with Gasteiger partial charge < -0.3 is 4.57 Å². The number of rotatable bonds is 4. The fraction of sp³-hybridized carbons (Fsp3) is 0.250. The predicted molar refractivity (Wildman–Crippen MR) is 84.7 cm³/mol. The van der Waals surface area contributed by atoms with E-state index in [1.807, 2.05) is 10.8 Å². The van der Waals surface area contributed by atoms with Gasteiger partial charge in [-0.15, -0.1) is 11.3 Å². The van der Waals surface area contributed by atoms with Crippen LogP contribution < -0.4 is 5.32 Å². The Labute approximate surface area is 130 Å². The van der Waals surface area contributed by atoms with Gasteiger partial charge in [0.2, 0.25) is 0 Å². The van der Waals surface area contributed by atoms with E-state index in [1.54, 1.807) is 17.6 Å². The van der Waals surface area contributed by atoms with Gasteiger partial charge in [0.05, 0.1) is 11.1 Å². The molecule has 0 spiro atoms. The summed E-state index contributed by atoms with van der Waals surface area (Å²) in [4.78, 5) is 16.5. The van der Waals surface area contributed by atoms with Crippen molar-refractivity contribution in [3.63, 3.8) is 0 Å². The van der Waals surface area contributed by atoms with Crippen LogP contribution in [0.4, 0.5) is 9.52 Å². The molecule has 112 valence electrons. The zero-order valence-corrected chi connectivity index (χ0v) is 12.6. The lowest BCUT2D eigenvalue weighted by atomic mass is 10.1. The second-order valence-corrected chi connectivity index (χ2v) is 6.49. The van der Waals surface area contributed by atoms with Gasteiger partial charge in [0.15, 0.2) is 5.13 Å². The summed E-state index contributed by atoms with van der Waals surface area (Å²) in [5.74, 6) is 0.157. The molecule has 3 aromatic rings. The standard InChI is InChI=1S/C16H14FN3OS/c17-11-3-4-12-13(15(21)19-16-18-5-6-22-16)9-20(14(12)7-11)8-10-1-2-10/h3-7,9-10H,1-2,8H2,(H,18,19,21). The number of nitrogens with zero attached hydrogens (tertiary/aromatic N) is 2. The van der Waals surface area contributed by atoms with Crippen molar-refractivity contribution < 1.29 is 9.18 Å². The fourth-order valence-electron chi connectivity index (χ4n) is 2.63. The Bertz CT molecular complexity index is 837. The third kappa shape index (κ3) is 2.50. The highest BCUT2D eigenvalue weighted by molar-refractivity contribution is 7.13. The Morgan fingerprint density at radius 3 is 3.05 bits per heavy atom. The van der Waals surface area contributed by atoms with Gasteiger partial charge in [0, 0.05) is 29.7 Å². The summed E-state index contributed by atoms with van der Waals surface area (Å²) in [7, 11) is 0. The molecule has 0 aliphatic heterocycles. The molecule has 1 saturated carbocycles. The van der Waals surface area contributed by atoms with E-state index in [1.165, 1.54) is 36.3 Å². The second kappa shape index (κ2) is 5.21. The SMILES string of the molecule is O=C(Nc1nccs1)c1cn(CC2CC2)c2cc(F)ccc12. The van der Waals surface area contributed by atoms with Gasteiger partial charge in [0.25, 0.3) is 5.91 Å². The van der Waals surface area contributed by atoms with Crippen molar-refractivity contribution in [2.45, 2.75) is 19.4 Å². The van der Waals surface area contributed by atoms with Crippen LogP contribution in [0.2, 0.25) is 0 Å². The first kappa shape index (κ1) is 13.5. The van der Waals surface area contributed by atoms with E-state index >= 15 is 0 Å². The van der Waals surface area contributed by atoms with Crippen molar-refractivity contribution in [1.29, 1.82) is 0 Å². The number of thiazole rings is 1. The van der Waals surface area contributed by atoms with E-state index in [2.05, 4.69) is 10.3 Å². The van der Waals surface area contributed by atoms with Gasteiger partial charge in [-0.05, 0) is 37.0 Å². The molecule has 1 fully saturated rings. The average molecular weight is 315 g/mol. The van der Waals surface area contributed by atoms with Gasteiger partial charge in [-0.25, -0.2) is 9.37 Å². The summed E-state index contributed by atoms with van der Waals surface area (Å²) in [6.07, 6.45) is 5.88. The summed E-state index contributed by atoms with van der Waals surface area (Å²) < 4.78 is 15.6. The summed E-state index contributed by atoms with van der Waals surface area (Å²) in [6.45, 7) is 0.838. The van der Waals surface area contributed by atoms with Gasteiger partial charge in [-0.2, -0.15) is 0 Å². The van der Waals surface area contributed by atoms with E-state index in [-0.39, 0.29) is 11.7 Å². The first-order valence-corrected chi connectivity index (χ1v) is 8.08. The topological polar surface area (TPSA) is 46.9 Å². The minimum atomic E-state index is -0.283. The van der Waals surface area contributed by atoms with Crippen LogP contribution in [-0.4, -0.2) is 15.5 Å². The number of halogens is 1. The number of carbonyl (C=O) groups is 1. The highest BCUT2D eigenvalue weighted by Crippen LogP contribution is 2.33. The minimum Gasteiger partial charge on any atom is -0.346 e. The Balaban J connectivity index is 1.74. The van der Waals surface area contributed by atoms with Crippen LogP contribution in [-0.2, 0) is 6.54 Å². The molecule has 1 N–H and O–H groups in total. The van der Waals surface area contributed by atoms with E-state index in [0.717, 1.165) is 17.4 Å². The van der Waals surface area contributed by atoms with Gasteiger partial charge >= 0.3 is 0 Å². The van der Waals surface area contributed by atoms with Gasteiger partial charge in [0.1, 0.15) is 5.82 Å². The molecule has 0 bridgehead atoms. The zero-order chi connectivity index (χ0) is 15.1. The molecule has 4 rings (SSSR count). The number of carbonyl (C=O) groups excluding carboxylic acids is 1. The molecular formula is C16H14FN3OS. The first-order chi connectivity index (χ1) is 10.7. The molecule has 22 heavy (non-hydrogen) atoms. The molecule has 1 aliphatic rings. The third-order valence-electron chi connectivity index (χ3n) is 3.89. The van der Waals surface area contributed by atoms with E-state index in [9.17, 15) is 9.18 Å². The summed E-state index contributed by atoms with van der Waals surface area (Å²) in [5, 5.41) is 5.93. The van der Waals surface area contributed by atoms with E-state index in [4.69, 9.17) is 0 Å². The highest BCUT2D eigenvalue weighted by atomic mass is 32.1. The van der Waals surface area contributed by atoms with Crippen molar-refractivity contribution in [2.75, 3.05) is 5.32 Å². The third-order valence-corrected chi connectivity index (χ3v) is 4.58. The van der Waals surface area contributed by atoms with Crippen LogP contribution in [0.25, 0.3) is 10.9 Å². The molecular weight excluding hydrogens is 301 g/mol. The summed E-state index contributed by atoms with van der Waals surface area (Å²) >= 11 is 1.37. The van der Waals surface area contributed by atoms with Gasteiger partial charge in [-0.1, -0.05) is 0 Å². The Morgan fingerprint density at radius 2 is 2.32 bits per heavy atom. The van der Waals surface area contributed by atoms with Crippen molar-refractivity contribution >= 4 is 33.3 Å². The minimum absolute atomic E-state index is 0.207. The maximum atomic E-state index is 13.6.